The standard InChI is InChI=1S/C16H22F2N2O3/c1-3-19-15(21)10-20(12-5-6-12)9-11-4-7-13(23-16(17)18)14(8-11)22-2/h4,7-8,12,16H,3,5-6,9-10H2,1-2H3,(H,19,21). The molecule has 7 heteroatoms. The number of amides is 1. The van der Waals surface area contributed by atoms with Gasteiger partial charge in [-0.2, -0.15) is 8.78 Å². The van der Waals surface area contributed by atoms with Gasteiger partial charge in [0.1, 0.15) is 0 Å². The summed E-state index contributed by atoms with van der Waals surface area (Å²) < 4.78 is 34.2. The summed E-state index contributed by atoms with van der Waals surface area (Å²) in [5.74, 6) is 0.258. The molecule has 0 spiro atoms. The third kappa shape index (κ3) is 5.35. The van der Waals surface area contributed by atoms with Crippen molar-refractivity contribution in [3.63, 3.8) is 0 Å². The Labute approximate surface area is 134 Å². The van der Waals surface area contributed by atoms with Gasteiger partial charge >= 0.3 is 6.61 Å². The van der Waals surface area contributed by atoms with Crippen LogP contribution in [0.2, 0.25) is 0 Å². The van der Waals surface area contributed by atoms with Gasteiger partial charge in [-0.15, -0.1) is 0 Å². The van der Waals surface area contributed by atoms with Crippen molar-refractivity contribution in [2.24, 2.45) is 0 Å². The molecule has 1 aromatic rings. The number of methoxy groups -OCH3 is 1. The highest BCUT2D eigenvalue weighted by molar-refractivity contribution is 5.78. The highest BCUT2D eigenvalue weighted by Gasteiger charge is 2.30. The molecule has 0 aromatic heterocycles. The number of rotatable bonds is 9. The second-order valence-corrected chi connectivity index (χ2v) is 5.45. The number of benzene rings is 1. The smallest absolute Gasteiger partial charge is 0.387 e. The molecule has 0 heterocycles. The molecule has 1 aromatic carbocycles. The van der Waals surface area contributed by atoms with Gasteiger partial charge in [-0.3, -0.25) is 9.69 Å². The summed E-state index contributed by atoms with van der Waals surface area (Å²) in [7, 11) is 1.41. The maximum absolute atomic E-state index is 12.3. The summed E-state index contributed by atoms with van der Waals surface area (Å²) in [6.45, 7) is 0.482. The lowest BCUT2D eigenvalue weighted by molar-refractivity contribution is -0.122. The number of halogens is 2. The summed E-state index contributed by atoms with van der Waals surface area (Å²) in [6.07, 6.45) is 2.15. The minimum Gasteiger partial charge on any atom is -0.493 e. The number of carbonyl (C=O) groups excluding carboxylic acids is 1. The molecule has 128 valence electrons. The van der Waals surface area contributed by atoms with Crippen molar-refractivity contribution in [2.75, 3.05) is 20.2 Å². The van der Waals surface area contributed by atoms with E-state index in [-0.39, 0.29) is 17.4 Å². The van der Waals surface area contributed by atoms with Crippen molar-refractivity contribution >= 4 is 5.91 Å². The first kappa shape index (κ1) is 17.5. The zero-order valence-electron chi connectivity index (χ0n) is 13.4. The molecule has 1 aliphatic rings. The number of hydrogen-bond acceptors (Lipinski definition) is 4. The van der Waals surface area contributed by atoms with E-state index < -0.39 is 6.61 Å². The highest BCUT2D eigenvalue weighted by atomic mass is 19.3. The van der Waals surface area contributed by atoms with Crippen molar-refractivity contribution in [3.8, 4) is 11.5 Å². The van der Waals surface area contributed by atoms with Crippen LogP contribution in [0.3, 0.4) is 0 Å². The third-order valence-corrected chi connectivity index (χ3v) is 3.61. The molecule has 0 aliphatic heterocycles. The number of ether oxygens (including phenoxy) is 2. The van der Waals surface area contributed by atoms with Crippen LogP contribution in [-0.2, 0) is 11.3 Å². The van der Waals surface area contributed by atoms with Crippen molar-refractivity contribution in [1.82, 2.24) is 10.2 Å². The zero-order chi connectivity index (χ0) is 16.8. The first-order valence-corrected chi connectivity index (χ1v) is 7.66. The molecular weight excluding hydrogens is 306 g/mol. The van der Waals surface area contributed by atoms with Crippen LogP contribution in [0, 0.1) is 0 Å². The van der Waals surface area contributed by atoms with Gasteiger partial charge in [-0.1, -0.05) is 6.07 Å². The largest absolute Gasteiger partial charge is 0.493 e. The molecule has 1 saturated carbocycles. The first-order chi connectivity index (χ1) is 11.0. The fourth-order valence-corrected chi connectivity index (χ4v) is 2.43. The van der Waals surface area contributed by atoms with E-state index >= 15 is 0 Å². The average Bonchev–Trinajstić information content (AvgIpc) is 3.32. The quantitative estimate of drug-likeness (QED) is 0.756. The molecule has 2 rings (SSSR count). The maximum Gasteiger partial charge on any atom is 0.387 e. The van der Waals surface area contributed by atoms with E-state index in [1.807, 2.05) is 6.92 Å². The van der Waals surface area contributed by atoms with E-state index in [9.17, 15) is 13.6 Å². The Kier molecular flexibility index (Phi) is 6.15. The number of likely N-dealkylation sites (N-methyl/N-ethyl adjacent to an activating group) is 1. The van der Waals surface area contributed by atoms with Crippen LogP contribution in [-0.4, -0.2) is 43.7 Å². The molecule has 0 atom stereocenters. The second kappa shape index (κ2) is 8.10. The van der Waals surface area contributed by atoms with E-state index in [1.165, 1.54) is 13.2 Å². The van der Waals surface area contributed by atoms with Crippen LogP contribution >= 0.6 is 0 Å². The van der Waals surface area contributed by atoms with E-state index in [1.54, 1.807) is 12.1 Å². The van der Waals surface area contributed by atoms with Gasteiger partial charge in [0.05, 0.1) is 13.7 Å². The molecule has 0 saturated heterocycles. The van der Waals surface area contributed by atoms with E-state index in [4.69, 9.17) is 4.74 Å². The summed E-state index contributed by atoms with van der Waals surface area (Å²) in [6, 6.07) is 5.26. The Hall–Kier alpha value is -1.89. The minimum absolute atomic E-state index is 0.00736. The molecule has 0 radical (unpaired) electrons. The number of alkyl halides is 2. The summed E-state index contributed by atoms with van der Waals surface area (Å²) in [4.78, 5) is 13.9. The van der Waals surface area contributed by atoms with E-state index in [0.717, 1.165) is 18.4 Å². The van der Waals surface area contributed by atoms with Gasteiger partial charge in [0.15, 0.2) is 11.5 Å². The highest BCUT2D eigenvalue weighted by Crippen LogP contribution is 2.32. The number of nitrogens with one attached hydrogen (secondary N) is 1. The molecule has 1 amide bonds. The lowest BCUT2D eigenvalue weighted by Gasteiger charge is -2.22. The summed E-state index contributed by atoms with van der Waals surface area (Å²) >= 11 is 0. The Balaban J connectivity index is 2.06. The van der Waals surface area contributed by atoms with Crippen LogP contribution in [0.1, 0.15) is 25.3 Å². The van der Waals surface area contributed by atoms with Crippen molar-refractivity contribution in [2.45, 2.75) is 39.0 Å². The van der Waals surface area contributed by atoms with Crippen LogP contribution in [0.15, 0.2) is 18.2 Å². The predicted molar refractivity (Wildman–Crippen MR) is 81.7 cm³/mol. The zero-order valence-corrected chi connectivity index (χ0v) is 13.4. The molecule has 5 nitrogen and oxygen atoms in total. The molecule has 1 aliphatic carbocycles. The van der Waals surface area contributed by atoms with Gasteiger partial charge in [-0.05, 0) is 37.5 Å². The normalized spacial score (nSPS) is 14.2. The molecular formula is C16H22F2N2O3. The number of hydrogen-bond donors (Lipinski definition) is 1. The first-order valence-electron chi connectivity index (χ1n) is 7.66. The fraction of sp³-hybridized carbons (Fsp3) is 0.562. The third-order valence-electron chi connectivity index (χ3n) is 3.61. The number of nitrogens with zero attached hydrogens (tertiary/aromatic N) is 1. The van der Waals surface area contributed by atoms with Crippen LogP contribution < -0.4 is 14.8 Å². The predicted octanol–water partition coefficient (Wildman–Crippen LogP) is 2.40. The summed E-state index contributed by atoms with van der Waals surface area (Å²) in [5.41, 5.74) is 0.889. The van der Waals surface area contributed by atoms with Gasteiger partial charge in [-0.25, -0.2) is 0 Å². The molecule has 0 bridgehead atoms. The lowest BCUT2D eigenvalue weighted by Crippen LogP contribution is -2.38. The van der Waals surface area contributed by atoms with Crippen molar-refractivity contribution < 1.29 is 23.0 Å². The van der Waals surface area contributed by atoms with E-state index in [2.05, 4.69) is 15.0 Å². The van der Waals surface area contributed by atoms with Gasteiger partial charge in [0.2, 0.25) is 5.91 Å². The summed E-state index contributed by atoms with van der Waals surface area (Å²) in [5, 5.41) is 2.79. The fourth-order valence-electron chi connectivity index (χ4n) is 2.43. The second-order valence-electron chi connectivity index (χ2n) is 5.45. The van der Waals surface area contributed by atoms with Gasteiger partial charge in [0, 0.05) is 19.1 Å². The Bertz CT molecular complexity index is 536. The Morgan fingerprint density at radius 3 is 2.70 bits per heavy atom. The van der Waals surface area contributed by atoms with Crippen molar-refractivity contribution in [1.29, 1.82) is 0 Å². The minimum atomic E-state index is -2.89. The number of carbonyl (C=O) groups is 1. The Morgan fingerprint density at radius 2 is 2.13 bits per heavy atom. The van der Waals surface area contributed by atoms with Crippen LogP contribution in [0.5, 0.6) is 11.5 Å². The van der Waals surface area contributed by atoms with Crippen LogP contribution in [0.4, 0.5) is 8.78 Å². The lowest BCUT2D eigenvalue weighted by atomic mass is 10.2. The van der Waals surface area contributed by atoms with Crippen molar-refractivity contribution in [3.05, 3.63) is 23.8 Å². The topological polar surface area (TPSA) is 50.8 Å². The average molecular weight is 328 g/mol. The SMILES string of the molecule is CCNC(=O)CN(Cc1ccc(OC(F)F)c(OC)c1)C1CC1. The van der Waals surface area contributed by atoms with Gasteiger partial charge < -0.3 is 14.8 Å². The maximum atomic E-state index is 12.3. The van der Waals surface area contributed by atoms with E-state index in [0.29, 0.717) is 25.7 Å². The monoisotopic (exact) mass is 328 g/mol. The molecule has 23 heavy (non-hydrogen) atoms. The van der Waals surface area contributed by atoms with Gasteiger partial charge in [0.25, 0.3) is 0 Å². The van der Waals surface area contributed by atoms with Crippen LogP contribution in [0.25, 0.3) is 0 Å². The Morgan fingerprint density at radius 1 is 1.39 bits per heavy atom. The molecule has 1 N–H and O–H groups in total. The molecule has 1 fully saturated rings. The molecule has 0 unspecified atom stereocenters.